The largest absolute Gasteiger partial charge is 0.493 e. The van der Waals surface area contributed by atoms with Crippen LogP contribution in [0, 0.1) is 29.5 Å². The van der Waals surface area contributed by atoms with Gasteiger partial charge >= 0.3 is 0 Å². The number of ether oxygens (including phenoxy) is 1. The van der Waals surface area contributed by atoms with Gasteiger partial charge in [0, 0.05) is 0 Å². The van der Waals surface area contributed by atoms with Crippen LogP contribution < -0.4 is 4.74 Å². The van der Waals surface area contributed by atoms with Gasteiger partial charge in [-0.2, -0.15) is 0 Å². The molecule has 0 amide bonds. The molecule has 0 aliphatic heterocycles. The van der Waals surface area contributed by atoms with E-state index in [1.807, 2.05) is 0 Å². The quantitative estimate of drug-likeness (QED) is 0.679. The lowest BCUT2D eigenvalue weighted by molar-refractivity contribution is 0.126. The van der Waals surface area contributed by atoms with Crippen LogP contribution in [0.15, 0.2) is 24.3 Å². The Morgan fingerprint density at radius 1 is 0.864 bits per heavy atom. The third-order valence-electron chi connectivity index (χ3n) is 5.92. The van der Waals surface area contributed by atoms with Crippen molar-refractivity contribution in [2.24, 2.45) is 23.7 Å². The molecule has 0 bridgehead atoms. The van der Waals surface area contributed by atoms with Crippen LogP contribution in [0.5, 0.6) is 5.75 Å². The average Bonchev–Trinajstić information content (AvgIpc) is 2.56. The molecule has 0 radical (unpaired) electrons. The van der Waals surface area contributed by atoms with Crippen molar-refractivity contribution in [1.29, 1.82) is 0 Å². The summed E-state index contributed by atoms with van der Waals surface area (Å²) in [5.41, 5.74) is 0. The summed E-state index contributed by atoms with van der Waals surface area (Å²) in [5.74, 6) is 4.20. The van der Waals surface area contributed by atoms with E-state index < -0.39 is 0 Å². The van der Waals surface area contributed by atoms with Gasteiger partial charge in [-0.25, -0.2) is 4.39 Å². The topological polar surface area (TPSA) is 9.23 Å². The number of halogens is 1. The molecule has 0 saturated heterocycles. The van der Waals surface area contributed by atoms with Gasteiger partial charge in [-0.3, -0.25) is 0 Å². The van der Waals surface area contributed by atoms with Crippen LogP contribution in [-0.2, 0) is 0 Å². The van der Waals surface area contributed by atoms with Gasteiger partial charge in [-0.1, -0.05) is 19.8 Å². The molecule has 2 aliphatic rings. The molecule has 0 spiro atoms. The monoisotopic (exact) mass is 304 g/mol. The van der Waals surface area contributed by atoms with Crippen molar-refractivity contribution in [1.82, 2.24) is 0 Å². The molecular weight excluding hydrogens is 275 g/mol. The van der Waals surface area contributed by atoms with Crippen molar-refractivity contribution in [3.8, 4) is 5.75 Å². The Kier molecular flexibility index (Phi) is 5.38. The number of benzene rings is 1. The van der Waals surface area contributed by atoms with Crippen LogP contribution in [0.2, 0.25) is 0 Å². The molecule has 2 heteroatoms. The number of hydrogen-bond acceptors (Lipinski definition) is 1. The van der Waals surface area contributed by atoms with Crippen molar-refractivity contribution < 1.29 is 9.13 Å². The molecule has 2 aliphatic carbocycles. The van der Waals surface area contributed by atoms with Crippen LogP contribution in [0.3, 0.4) is 0 Å². The molecule has 0 N–H and O–H groups in total. The Bertz CT molecular complexity index is 439. The van der Waals surface area contributed by atoms with E-state index in [0.29, 0.717) is 5.92 Å². The third kappa shape index (κ3) is 4.24. The van der Waals surface area contributed by atoms with Gasteiger partial charge in [-0.15, -0.1) is 0 Å². The van der Waals surface area contributed by atoms with Crippen LogP contribution in [0.1, 0.15) is 58.3 Å². The van der Waals surface area contributed by atoms with Gasteiger partial charge in [0.05, 0.1) is 6.61 Å². The lowest BCUT2D eigenvalue weighted by Crippen LogP contribution is -2.27. The zero-order valence-electron chi connectivity index (χ0n) is 13.8. The summed E-state index contributed by atoms with van der Waals surface area (Å²) in [7, 11) is 0. The van der Waals surface area contributed by atoms with Crippen LogP contribution in [0.25, 0.3) is 0 Å². The van der Waals surface area contributed by atoms with E-state index in [-0.39, 0.29) is 5.82 Å². The molecule has 122 valence electrons. The zero-order valence-corrected chi connectivity index (χ0v) is 13.8. The second kappa shape index (κ2) is 7.48. The molecule has 2 saturated carbocycles. The second-order valence-corrected chi connectivity index (χ2v) is 7.57. The maximum absolute atomic E-state index is 12.9. The summed E-state index contributed by atoms with van der Waals surface area (Å²) in [6.45, 7) is 3.19. The molecule has 1 aromatic rings. The molecule has 1 aromatic carbocycles. The smallest absolute Gasteiger partial charge is 0.123 e. The molecule has 0 heterocycles. The Morgan fingerprint density at radius 2 is 1.41 bits per heavy atom. The molecule has 3 rings (SSSR count). The molecule has 1 nitrogen and oxygen atoms in total. The van der Waals surface area contributed by atoms with E-state index in [1.165, 1.54) is 63.5 Å². The molecule has 0 aromatic heterocycles. The molecule has 22 heavy (non-hydrogen) atoms. The van der Waals surface area contributed by atoms with Gasteiger partial charge < -0.3 is 4.74 Å². The predicted octanol–water partition coefficient (Wildman–Crippen LogP) is 5.84. The third-order valence-corrected chi connectivity index (χ3v) is 5.92. The van der Waals surface area contributed by atoms with E-state index in [2.05, 4.69) is 6.92 Å². The SMILES string of the molecule is CC1CCC(C2CCC(COc3ccc(F)cc3)CC2)CC1. The van der Waals surface area contributed by atoms with E-state index in [4.69, 9.17) is 4.74 Å². The molecule has 0 atom stereocenters. The van der Waals surface area contributed by atoms with E-state index in [9.17, 15) is 4.39 Å². The first kappa shape index (κ1) is 15.8. The van der Waals surface area contributed by atoms with Crippen molar-refractivity contribution in [2.75, 3.05) is 6.61 Å². The lowest BCUT2D eigenvalue weighted by atomic mass is 9.69. The lowest BCUT2D eigenvalue weighted by Gasteiger charge is -2.37. The summed E-state index contributed by atoms with van der Waals surface area (Å²) in [6, 6.07) is 6.39. The van der Waals surface area contributed by atoms with Crippen LogP contribution >= 0.6 is 0 Å². The van der Waals surface area contributed by atoms with Gasteiger partial charge in [0.15, 0.2) is 0 Å². The fourth-order valence-electron chi connectivity index (χ4n) is 4.33. The molecule has 2 fully saturated rings. The average molecular weight is 304 g/mol. The fourth-order valence-corrected chi connectivity index (χ4v) is 4.33. The Morgan fingerprint density at radius 3 is 2.00 bits per heavy atom. The molecule has 0 unspecified atom stereocenters. The highest BCUT2D eigenvalue weighted by Gasteiger charge is 2.30. The Balaban J connectivity index is 1.39. The van der Waals surface area contributed by atoms with Gasteiger partial charge in [-0.05, 0) is 86.5 Å². The maximum Gasteiger partial charge on any atom is 0.123 e. The van der Waals surface area contributed by atoms with Crippen molar-refractivity contribution in [3.05, 3.63) is 30.1 Å². The van der Waals surface area contributed by atoms with E-state index in [0.717, 1.165) is 30.1 Å². The minimum atomic E-state index is -0.199. The first-order chi connectivity index (χ1) is 10.7. The fraction of sp³-hybridized carbons (Fsp3) is 0.700. The summed E-state index contributed by atoms with van der Waals surface area (Å²) in [5, 5.41) is 0. The molecular formula is C20H29FO. The Hall–Kier alpha value is -1.05. The predicted molar refractivity (Wildman–Crippen MR) is 88.5 cm³/mol. The highest BCUT2D eigenvalue weighted by atomic mass is 19.1. The van der Waals surface area contributed by atoms with Gasteiger partial charge in [0.1, 0.15) is 11.6 Å². The first-order valence-corrected chi connectivity index (χ1v) is 9.09. The van der Waals surface area contributed by atoms with E-state index in [1.54, 1.807) is 12.1 Å². The first-order valence-electron chi connectivity index (χ1n) is 9.09. The van der Waals surface area contributed by atoms with Crippen LogP contribution in [0.4, 0.5) is 4.39 Å². The summed E-state index contributed by atoms with van der Waals surface area (Å²) in [4.78, 5) is 0. The van der Waals surface area contributed by atoms with Crippen molar-refractivity contribution in [2.45, 2.75) is 58.3 Å². The second-order valence-electron chi connectivity index (χ2n) is 7.57. The minimum Gasteiger partial charge on any atom is -0.493 e. The van der Waals surface area contributed by atoms with Crippen molar-refractivity contribution >= 4 is 0 Å². The van der Waals surface area contributed by atoms with Gasteiger partial charge in [0.25, 0.3) is 0 Å². The summed E-state index contributed by atoms with van der Waals surface area (Å²) < 4.78 is 18.7. The minimum absolute atomic E-state index is 0.199. The Labute approximate surface area is 134 Å². The normalized spacial score (nSPS) is 32.6. The van der Waals surface area contributed by atoms with Gasteiger partial charge in [0.2, 0.25) is 0 Å². The highest BCUT2D eigenvalue weighted by molar-refractivity contribution is 5.22. The summed E-state index contributed by atoms with van der Waals surface area (Å²) in [6.07, 6.45) is 11.2. The van der Waals surface area contributed by atoms with Crippen LogP contribution in [-0.4, -0.2) is 6.61 Å². The highest BCUT2D eigenvalue weighted by Crippen LogP contribution is 2.41. The maximum atomic E-state index is 12.9. The number of hydrogen-bond donors (Lipinski definition) is 0. The number of rotatable bonds is 4. The standard InChI is InChI=1S/C20H29FO/c1-15-2-6-17(7-3-15)18-8-4-16(5-9-18)14-22-20-12-10-19(21)11-13-20/h10-13,15-18H,2-9,14H2,1H3. The summed E-state index contributed by atoms with van der Waals surface area (Å²) >= 11 is 0. The van der Waals surface area contributed by atoms with Crippen molar-refractivity contribution in [3.63, 3.8) is 0 Å². The van der Waals surface area contributed by atoms with E-state index >= 15 is 0 Å². The zero-order chi connectivity index (χ0) is 15.4.